The van der Waals surface area contributed by atoms with Crippen molar-refractivity contribution in [3.63, 3.8) is 0 Å². The number of carbonyl (C=O) groups excluding carboxylic acids is 1. The predicted molar refractivity (Wildman–Crippen MR) is 92.5 cm³/mol. The minimum absolute atomic E-state index is 0.0689. The average Bonchev–Trinajstić information content (AvgIpc) is 2.95. The van der Waals surface area contributed by atoms with E-state index in [2.05, 4.69) is 10.5 Å². The van der Waals surface area contributed by atoms with Gasteiger partial charge in [0.05, 0.1) is 0 Å². The number of aromatic nitrogens is 1. The van der Waals surface area contributed by atoms with E-state index in [4.69, 9.17) is 4.52 Å². The molecule has 1 aromatic carbocycles. The van der Waals surface area contributed by atoms with E-state index >= 15 is 0 Å². The van der Waals surface area contributed by atoms with E-state index in [9.17, 15) is 13.2 Å². The van der Waals surface area contributed by atoms with Crippen molar-refractivity contribution in [2.24, 2.45) is 5.92 Å². The summed E-state index contributed by atoms with van der Waals surface area (Å²) < 4.78 is 32.0. The van der Waals surface area contributed by atoms with Crippen LogP contribution < -0.4 is 5.32 Å². The summed E-state index contributed by atoms with van der Waals surface area (Å²) in [5, 5.41) is 6.60. The van der Waals surface area contributed by atoms with Gasteiger partial charge in [-0.25, -0.2) is 8.42 Å². The van der Waals surface area contributed by atoms with Crippen molar-refractivity contribution in [1.29, 1.82) is 0 Å². The maximum Gasteiger partial charge on any atom is 0.248 e. The van der Waals surface area contributed by atoms with Gasteiger partial charge in [0.15, 0.2) is 5.76 Å². The highest BCUT2D eigenvalue weighted by atomic mass is 32.2. The number of carbonyl (C=O) groups is 1. The van der Waals surface area contributed by atoms with Crippen LogP contribution >= 0.6 is 0 Å². The second-order valence-electron chi connectivity index (χ2n) is 6.19. The SMILES string of the molecule is Cc1noc(C)c1S(=O)(=O)N1CCC(C(=O)Nc2ccccc2)CC1. The summed E-state index contributed by atoms with van der Waals surface area (Å²) in [6.07, 6.45) is 0.975. The zero-order valence-corrected chi connectivity index (χ0v) is 15.0. The zero-order valence-electron chi connectivity index (χ0n) is 14.2. The Kier molecular flexibility index (Phi) is 4.91. The molecule has 0 radical (unpaired) electrons. The number of amides is 1. The van der Waals surface area contributed by atoms with Crippen LogP contribution in [0.2, 0.25) is 0 Å². The number of hydrogen-bond acceptors (Lipinski definition) is 5. The molecule has 0 bridgehead atoms. The van der Waals surface area contributed by atoms with Crippen molar-refractivity contribution in [2.75, 3.05) is 18.4 Å². The van der Waals surface area contributed by atoms with Crippen molar-refractivity contribution in [1.82, 2.24) is 9.46 Å². The Morgan fingerprint density at radius 2 is 1.84 bits per heavy atom. The molecule has 0 spiro atoms. The smallest absolute Gasteiger partial charge is 0.248 e. The number of hydrogen-bond donors (Lipinski definition) is 1. The molecule has 1 saturated heterocycles. The molecule has 0 unspecified atom stereocenters. The number of piperidine rings is 1. The number of nitrogens with one attached hydrogen (secondary N) is 1. The number of benzene rings is 1. The highest BCUT2D eigenvalue weighted by Crippen LogP contribution is 2.28. The van der Waals surface area contributed by atoms with Gasteiger partial charge in [-0.1, -0.05) is 23.4 Å². The standard InChI is InChI=1S/C17H21N3O4S/c1-12-16(13(2)24-19-12)25(22,23)20-10-8-14(9-11-20)17(21)18-15-6-4-3-5-7-15/h3-7,14H,8-11H2,1-2H3,(H,18,21). The molecule has 2 aromatic rings. The lowest BCUT2D eigenvalue weighted by molar-refractivity contribution is -0.120. The molecule has 1 aliphatic rings. The summed E-state index contributed by atoms with van der Waals surface area (Å²) in [6, 6.07) is 9.25. The molecule has 25 heavy (non-hydrogen) atoms. The Morgan fingerprint density at radius 1 is 1.20 bits per heavy atom. The fourth-order valence-corrected chi connectivity index (χ4v) is 4.86. The van der Waals surface area contributed by atoms with Crippen LogP contribution in [0, 0.1) is 19.8 Å². The van der Waals surface area contributed by atoms with Crippen molar-refractivity contribution in [3.05, 3.63) is 41.8 Å². The van der Waals surface area contributed by atoms with Gasteiger partial charge in [0.1, 0.15) is 10.6 Å². The molecule has 8 heteroatoms. The van der Waals surface area contributed by atoms with Crippen LogP contribution in [0.3, 0.4) is 0 Å². The van der Waals surface area contributed by atoms with Gasteiger partial charge in [0, 0.05) is 24.7 Å². The Balaban J connectivity index is 1.65. The minimum Gasteiger partial charge on any atom is -0.360 e. The topological polar surface area (TPSA) is 92.5 Å². The summed E-state index contributed by atoms with van der Waals surface area (Å²) in [5.41, 5.74) is 1.11. The zero-order chi connectivity index (χ0) is 18.0. The van der Waals surface area contributed by atoms with Gasteiger partial charge in [-0.2, -0.15) is 4.31 Å². The maximum atomic E-state index is 12.8. The molecule has 7 nitrogen and oxygen atoms in total. The van der Waals surface area contributed by atoms with Gasteiger partial charge in [0.2, 0.25) is 15.9 Å². The maximum absolute atomic E-state index is 12.8. The summed E-state index contributed by atoms with van der Waals surface area (Å²) in [4.78, 5) is 12.5. The Bertz CT molecular complexity index is 834. The molecule has 1 amide bonds. The lowest BCUT2D eigenvalue weighted by Crippen LogP contribution is -2.41. The number of sulfonamides is 1. The summed E-state index contributed by atoms with van der Waals surface area (Å²) in [7, 11) is -3.64. The minimum atomic E-state index is -3.64. The highest BCUT2D eigenvalue weighted by molar-refractivity contribution is 7.89. The van der Waals surface area contributed by atoms with Gasteiger partial charge >= 0.3 is 0 Å². The van der Waals surface area contributed by atoms with Gasteiger partial charge < -0.3 is 9.84 Å². The second kappa shape index (κ2) is 6.97. The largest absolute Gasteiger partial charge is 0.360 e. The Morgan fingerprint density at radius 3 is 2.40 bits per heavy atom. The average molecular weight is 363 g/mol. The summed E-state index contributed by atoms with van der Waals surface area (Å²) in [5.74, 6) is 0.0263. The summed E-state index contributed by atoms with van der Waals surface area (Å²) >= 11 is 0. The summed E-state index contributed by atoms with van der Waals surface area (Å²) in [6.45, 7) is 3.81. The molecule has 0 atom stereocenters. The van der Waals surface area contributed by atoms with E-state index < -0.39 is 10.0 Å². The van der Waals surface area contributed by atoms with E-state index in [1.54, 1.807) is 13.8 Å². The van der Waals surface area contributed by atoms with Gasteiger partial charge in [0.25, 0.3) is 0 Å². The Labute approximate surface area is 147 Å². The molecule has 0 aliphatic carbocycles. The molecule has 3 rings (SSSR count). The molecule has 2 heterocycles. The lowest BCUT2D eigenvalue weighted by atomic mass is 9.97. The first-order valence-corrected chi connectivity index (χ1v) is 9.62. The third-order valence-electron chi connectivity index (χ3n) is 4.43. The van der Waals surface area contributed by atoms with E-state index in [1.807, 2.05) is 30.3 Å². The van der Waals surface area contributed by atoms with Crippen molar-refractivity contribution >= 4 is 21.6 Å². The number of rotatable bonds is 4. The monoisotopic (exact) mass is 363 g/mol. The third kappa shape index (κ3) is 3.59. The lowest BCUT2D eigenvalue weighted by Gasteiger charge is -2.30. The fraction of sp³-hybridized carbons (Fsp3) is 0.412. The number of anilines is 1. The van der Waals surface area contributed by atoms with Crippen LogP contribution in [0.4, 0.5) is 5.69 Å². The van der Waals surface area contributed by atoms with Crippen molar-refractivity contribution in [2.45, 2.75) is 31.6 Å². The number of para-hydroxylation sites is 1. The second-order valence-corrected chi connectivity index (χ2v) is 8.06. The van der Waals surface area contributed by atoms with Crippen LogP contribution in [-0.2, 0) is 14.8 Å². The van der Waals surface area contributed by atoms with Crippen molar-refractivity contribution < 1.29 is 17.7 Å². The number of nitrogens with zero attached hydrogens (tertiary/aromatic N) is 2. The van der Waals surface area contributed by atoms with Crippen LogP contribution in [0.5, 0.6) is 0 Å². The first-order chi connectivity index (χ1) is 11.9. The molecule has 1 aromatic heterocycles. The predicted octanol–water partition coefficient (Wildman–Crippen LogP) is 2.33. The normalized spacial score (nSPS) is 16.7. The van der Waals surface area contributed by atoms with Crippen LogP contribution in [0.1, 0.15) is 24.3 Å². The van der Waals surface area contributed by atoms with Gasteiger partial charge in [-0.05, 0) is 38.8 Å². The molecule has 134 valence electrons. The van der Waals surface area contributed by atoms with Gasteiger partial charge in [-0.15, -0.1) is 0 Å². The quantitative estimate of drug-likeness (QED) is 0.900. The van der Waals surface area contributed by atoms with Gasteiger partial charge in [-0.3, -0.25) is 4.79 Å². The molecule has 1 N–H and O–H groups in total. The van der Waals surface area contributed by atoms with Crippen molar-refractivity contribution in [3.8, 4) is 0 Å². The molecular weight excluding hydrogens is 342 g/mol. The van der Waals surface area contributed by atoms with E-state index in [1.165, 1.54) is 4.31 Å². The molecule has 1 fully saturated rings. The van der Waals surface area contributed by atoms with E-state index in [-0.39, 0.29) is 16.7 Å². The van der Waals surface area contributed by atoms with Crippen LogP contribution in [0.25, 0.3) is 0 Å². The molecular formula is C17H21N3O4S. The van der Waals surface area contributed by atoms with E-state index in [0.29, 0.717) is 37.4 Å². The number of aryl methyl sites for hydroxylation is 2. The van der Waals surface area contributed by atoms with E-state index in [0.717, 1.165) is 5.69 Å². The van der Waals surface area contributed by atoms with Crippen LogP contribution in [0.15, 0.2) is 39.8 Å². The Hall–Kier alpha value is -2.19. The molecule has 0 saturated carbocycles. The molecule has 1 aliphatic heterocycles. The van der Waals surface area contributed by atoms with Crippen LogP contribution in [-0.4, -0.2) is 36.9 Å². The fourth-order valence-electron chi connectivity index (χ4n) is 3.10. The highest BCUT2D eigenvalue weighted by Gasteiger charge is 2.35. The third-order valence-corrected chi connectivity index (χ3v) is 6.58. The first kappa shape index (κ1) is 17.6. The first-order valence-electron chi connectivity index (χ1n) is 8.18.